The maximum Gasteiger partial charge on any atom is 0.163 e. The normalized spacial score (nSPS) is 20.0. The first-order valence-corrected chi connectivity index (χ1v) is 7.33. The number of aryl methyl sites for hydroxylation is 1. The SMILES string of the molecule is CCCC1CCN(Cc2nc(N)c3cnn(C)c3n2)C1. The number of aromatic nitrogens is 4. The lowest BCUT2D eigenvalue weighted by atomic mass is 10.0. The first kappa shape index (κ1) is 13.3. The maximum absolute atomic E-state index is 6.00. The molecule has 0 spiro atoms. The van der Waals surface area contributed by atoms with Gasteiger partial charge < -0.3 is 5.73 Å². The number of nitrogen functional groups attached to an aromatic ring is 1. The topological polar surface area (TPSA) is 72.9 Å². The van der Waals surface area contributed by atoms with Gasteiger partial charge in [0.05, 0.1) is 18.1 Å². The van der Waals surface area contributed by atoms with Crippen LogP contribution in [-0.4, -0.2) is 37.7 Å². The van der Waals surface area contributed by atoms with Crippen molar-refractivity contribution in [2.24, 2.45) is 13.0 Å². The summed E-state index contributed by atoms with van der Waals surface area (Å²) >= 11 is 0. The van der Waals surface area contributed by atoms with Crippen LogP contribution in [0.5, 0.6) is 0 Å². The Morgan fingerprint density at radius 2 is 2.25 bits per heavy atom. The summed E-state index contributed by atoms with van der Waals surface area (Å²) in [6.45, 7) is 5.33. The highest BCUT2D eigenvalue weighted by atomic mass is 15.3. The highest BCUT2D eigenvalue weighted by molar-refractivity contribution is 5.84. The Bertz CT molecular complexity index is 605. The lowest BCUT2D eigenvalue weighted by molar-refractivity contribution is 0.305. The zero-order valence-electron chi connectivity index (χ0n) is 12.2. The molecule has 2 aromatic heterocycles. The Morgan fingerprint density at radius 3 is 3.05 bits per heavy atom. The van der Waals surface area contributed by atoms with E-state index in [0.717, 1.165) is 42.4 Å². The monoisotopic (exact) mass is 274 g/mol. The smallest absolute Gasteiger partial charge is 0.163 e. The molecule has 0 aromatic carbocycles. The summed E-state index contributed by atoms with van der Waals surface area (Å²) in [5.41, 5.74) is 6.81. The Morgan fingerprint density at radius 1 is 1.40 bits per heavy atom. The minimum atomic E-state index is 0.530. The molecule has 0 aliphatic carbocycles. The molecule has 1 fully saturated rings. The highest BCUT2D eigenvalue weighted by Gasteiger charge is 2.22. The van der Waals surface area contributed by atoms with E-state index < -0.39 is 0 Å². The second-order valence-electron chi connectivity index (χ2n) is 5.71. The van der Waals surface area contributed by atoms with E-state index in [4.69, 9.17) is 5.73 Å². The highest BCUT2D eigenvalue weighted by Crippen LogP contribution is 2.23. The van der Waals surface area contributed by atoms with Gasteiger partial charge in [0.15, 0.2) is 5.65 Å². The predicted octanol–water partition coefficient (Wildman–Crippen LogP) is 1.57. The van der Waals surface area contributed by atoms with Crippen LogP contribution in [0.25, 0.3) is 11.0 Å². The number of rotatable bonds is 4. The van der Waals surface area contributed by atoms with Gasteiger partial charge in [-0.15, -0.1) is 0 Å². The van der Waals surface area contributed by atoms with Crippen LogP contribution in [0.4, 0.5) is 5.82 Å². The van der Waals surface area contributed by atoms with Gasteiger partial charge >= 0.3 is 0 Å². The number of hydrogen-bond acceptors (Lipinski definition) is 5. The number of anilines is 1. The molecule has 3 heterocycles. The van der Waals surface area contributed by atoms with Crippen LogP contribution in [0, 0.1) is 5.92 Å². The maximum atomic E-state index is 6.00. The predicted molar refractivity (Wildman–Crippen MR) is 79.0 cm³/mol. The zero-order chi connectivity index (χ0) is 14.1. The van der Waals surface area contributed by atoms with Crippen molar-refractivity contribution in [1.82, 2.24) is 24.6 Å². The van der Waals surface area contributed by atoms with Gasteiger partial charge in [0.25, 0.3) is 0 Å². The summed E-state index contributed by atoms with van der Waals surface area (Å²) in [7, 11) is 1.88. The molecule has 2 aromatic rings. The number of fused-ring (bicyclic) bond motifs is 1. The fourth-order valence-corrected chi connectivity index (χ4v) is 3.06. The standard InChI is InChI=1S/C14H22N6/c1-3-4-10-5-6-20(8-10)9-12-17-13(15)11-7-16-19(2)14(11)18-12/h7,10H,3-6,8-9H2,1-2H3,(H2,15,17,18). The summed E-state index contributed by atoms with van der Waals surface area (Å²) < 4.78 is 1.75. The third-order valence-electron chi connectivity index (χ3n) is 4.10. The fraction of sp³-hybridized carbons (Fsp3) is 0.643. The molecule has 2 N–H and O–H groups in total. The molecule has 1 atom stereocenters. The number of nitrogens with two attached hydrogens (primary N) is 1. The molecule has 20 heavy (non-hydrogen) atoms. The van der Waals surface area contributed by atoms with Gasteiger partial charge in [0.1, 0.15) is 11.6 Å². The van der Waals surface area contributed by atoms with E-state index in [1.165, 1.54) is 19.3 Å². The molecule has 1 aliphatic heterocycles. The van der Waals surface area contributed by atoms with E-state index in [1.54, 1.807) is 10.9 Å². The minimum Gasteiger partial charge on any atom is -0.383 e. The molecule has 1 saturated heterocycles. The van der Waals surface area contributed by atoms with Gasteiger partial charge in [0.2, 0.25) is 0 Å². The first-order valence-electron chi connectivity index (χ1n) is 7.33. The molecular formula is C14H22N6. The van der Waals surface area contributed by atoms with Crippen LogP contribution in [0.3, 0.4) is 0 Å². The van der Waals surface area contributed by atoms with Gasteiger partial charge in [0, 0.05) is 13.6 Å². The van der Waals surface area contributed by atoms with Gasteiger partial charge in [-0.05, 0) is 25.3 Å². The van der Waals surface area contributed by atoms with Gasteiger partial charge in [-0.2, -0.15) is 5.10 Å². The van der Waals surface area contributed by atoms with Crippen LogP contribution in [0.15, 0.2) is 6.20 Å². The molecule has 108 valence electrons. The van der Waals surface area contributed by atoms with Crippen molar-refractivity contribution < 1.29 is 0 Å². The Kier molecular flexibility index (Phi) is 3.56. The van der Waals surface area contributed by atoms with E-state index in [1.807, 2.05) is 7.05 Å². The van der Waals surface area contributed by atoms with Crippen LogP contribution in [0.2, 0.25) is 0 Å². The second kappa shape index (κ2) is 5.36. The molecule has 1 aliphatic rings. The van der Waals surface area contributed by atoms with Crippen molar-refractivity contribution in [2.75, 3.05) is 18.8 Å². The molecule has 0 radical (unpaired) electrons. The van der Waals surface area contributed by atoms with Crippen LogP contribution < -0.4 is 5.73 Å². The first-order chi connectivity index (χ1) is 9.67. The average molecular weight is 274 g/mol. The Balaban J connectivity index is 1.76. The van der Waals surface area contributed by atoms with E-state index in [9.17, 15) is 0 Å². The molecule has 0 amide bonds. The molecule has 0 bridgehead atoms. The zero-order valence-corrected chi connectivity index (χ0v) is 12.2. The van der Waals surface area contributed by atoms with E-state index >= 15 is 0 Å². The lowest BCUT2D eigenvalue weighted by Gasteiger charge is -2.15. The Hall–Kier alpha value is -1.69. The summed E-state index contributed by atoms with van der Waals surface area (Å²) in [5.74, 6) is 2.16. The van der Waals surface area contributed by atoms with Crippen LogP contribution >= 0.6 is 0 Å². The largest absolute Gasteiger partial charge is 0.383 e. The molecule has 6 heteroatoms. The summed E-state index contributed by atoms with van der Waals surface area (Å²) in [6, 6.07) is 0. The molecule has 0 saturated carbocycles. The van der Waals surface area contributed by atoms with Crippen molar-refractivity contribution in [3.8, 4) is 0 Å². The van der Waals surface area contributed by atoms with Gasteiger partial charge in [-0.3, -0.25) is 9.58 Å². The van der Waals surface area contributed by atoms with Gasteiger partial charge in [-0.1, -0.05) is 13.3 Å². The third-order valence-corrected chi connectivity index (χ3v) is 4.10. The summed E-state index contributed by atoms with van der Waals surface area (Å²) in [6.07, 6.45) is 5.60. The number of hydrogen-bond donors (Lipinski definition) is 1. The van der Waals surface area contributed by atoms with Crippen molar-refractivity contribution in [3.63, 3.8) is 0 Å². The van der Waals surface area contributed by atoms with Crippen molar-refractivity contribution >= 4 is 16.9 Å². The van der Waals surface area contributed by atoms with Crippen LogP contribution in [-0.2, 0) is 13.6 Å². The fourth-order valence-electron chi connectivity index (χ4n) is 3.06. The van der Waals surface area contributed by atoms with Crippen molar-refractivity contribution in [2.45, 2.75) is 32.7 Å². The van der Waals surface area contributed by atoms with Gasteiger partial charge in [-0.25, -0.2) is 9.97 Å². The number of nitrogens with zero attached hydrogens (tertiary/aromatic N) is 5. The van der Waals surface area contributed by atoms with E-state index in [0.29, 0.717) is 5.82 Å². The van der Waals surface area contributed by atoms with E-state index in [-0.39, 0.29) is 0 Å². The van der Waals surface area contributed by atoms with Crippen molar-refractivity contribution in [1.29, 1.82) is 0 Å². The summed E-state index contributed by atoms with van der Waals surface area (Å²) in [5, 5.41) is 5.02. The molecule has 1 unspecified atom stereocenters. The van der Waals surface area contributed by atoms with Crippen molar-refractivity contribution in [3.05, 3.63) is 12.0 Å². The third kappa shape index (κ3) is 2.47. The minimum absolute atomic E-state index is 0.530. The molecule has 6 nitrogen and oxygen atoms in total. The molecular weight excluding hydrogens is 252 g/mol. The van der Waals surface area contributed by atoms with Crippen LogP contribution in [0.1, 0.15) is 32.0 Å². The second-order valence-corrected chi connectivity index (χ2v) is 5.71. The lowest BCUT2D eigenvalue weighted by Crippen LogP contribution is -2.22. The quantitative estimate of drug-likeness (QED) is 0.916. The summed E-state index contributed by atoms with van der Waals surface area (Å²) in [4.78, 5) is 11.4. The average Bonchev–Trinajstić information content (AvgIpc) is 2.99. The Labute approximate surface area is 119 Å². The number of likely N-dealkylation sites (tertiary alicyclic amines) is 1. The molecule has 3 rings (SSSR count). The van der Waals surface area contributed by atoms with E-state index in [2.05, 4.69) is 26.9 Å².